The van der Waals surface area contributed by atoms with Gasteiger partial charge in [0.1, 0.15) is 5.82 Å². The Balaban J connectivity index is 2.73. The number of carbonyl (C=O) groups excluding carboxylic acids is 1. The summed E-state index contributed by atoms with van der Waals surface area (Å²) in [6.07, 6.45) is 1.58. The van der Waals surface area contributed by atoms with Gasteiger partial charge in [-0.05, 0) is 24.6 Å². The number of amides is 1. The number of anilines is 1. The molecule has 1 amide bonds. The van der Waals surface area contributed by atoms with Gasteiger partial charge in [-0.3, -0.25) is 4.79 Å². The zero-order chi connectivity index (χ0) is 12.8. The minimum absolute atomic E-state index is 0.188. The summed E-state index contributed by atoms with van der Waals surface area (Å²) >= 11 is 3.16. The summed E-state index contributed by atoms with van der Waals surface area (Å²) in [7, 11) is 0. The molecule has 0 aliphatic heterocycles. The van der Waals surface area contributed by atoms with Crippen LogP contribution in [0.4, 0.5) is 10.1 Å². The van der Waals surface area contributed by atoms with E-state index in [1.54, 1.807) is 6.07 Å². The molecule has 0 saturated heterocycles. The average molecular weight is 303 g/mol. The van der Waals surface area contributed by atoms with E-state index in [0.29, 0.717) is 10.9 Å². The molecule has 1 atom stereocenters. The Morgan fingerprint density at radius 2 is 2.29 bits per heavy atom. The number of halogens is 2. The molecule has 17 heavy (non-hydrogen) atoms. The van der Waals surface area contributed by atoms with Crippen molar-refractivity contribution in [2.24, 2.45) is 11.7 Å². The van der Waals surface area contributed by atoms with E-state index in [-0.39, 0.29) is 24.1 Å². The first-order valence-electron chi connectivity index (χ1n) is 5.54. The zero-order valence-corrected chi connectivity index (χ0v) is 11.3. The maximum absolute atomic E-state index is 13.5. The fraction of sp³-hybridized carbons (Fsp3) is 0.417. The molecule has 0 saturated carbocycles. The summed E-state index contributed by atoms with van der Waals surface area (Å²) in [6.45, 7) is 2.26. The van der Waals surface area contributed by atoms with Crippen molar-refractivity contribution in [3.05, 3.63) is 28.5 Å². The van der Waals surface area contributed by atoms with Gasteiger partial charge in [-0.15, -0.1) is 0 Å². The van der Waals surface area contributed by atoms with Crippen LogP contribution < -0.4 is 11.1 Å². The predicted molar refractivity (Wildman–Crippen MR) is 70.2 cm³/mol. The molecule has 0 spiro atoms. The highest BCUT2D eigenvalue weighted by Gasteiger charge is 2.17. The Morgan fingerprint density at radius 1 is 1.59 bits per heavy atom. The second-order valence-electron chi connectivity index (χ2n) is 3.83. The molecule has 0 heterocycles. The number of benzene rings is 1. The van der Waals surface area contributed by atoms with Crippen molar-refractivity contribution in [2.45, 2.75) is 19.8 Å². The highest BCUT2D eigenvalue weighted by atomic mass is 79.9. The number of hydrogen-bond acceptors (Lipinski definition) is 2. The van der Waals surface area contributed by atoms with Crippen LogP contribution in [0, 0.1) is 11.7 Å². The van der Waals surface area contributed by atoms with Crippen molar-refractivity contribution >= 4 is 27.5 Å². The lowest BCUT2D eigenvalue weighted by Gasteiger charge is -2.14. The summed E-state index contributed by atoms with van der Waals surface area (Å²) in [5, 5.41) is 2.56. The van der Waals surface area contributed by atoms with Gasteiger partial charge in [-0.1, -0.05) is 29.3 Å². The number of carbonyl (C=O) groups is 1. The van der Waals surface area contributed by atoms with E-state index in [0.717, 1.165) is 6.42 Å². The second kappa shape index (κ2) is 6.71. The summed E-state index contributed by atoms with van der Waals surface area (Å²) in [5.41, 5.74) is 5.70. The highest BCUT2D eigenvalue weighted by Crippen LogP contribution is 2.20. The predicted octanol–water partition coefficient (Wildman–Crippen LogP) is 2.90. The minimum Gasteiger partial charge on any atom is -0.330 e. The van der Waals surface area contributed by atoms with Crippen LogP contribution in [0.25, 0.3) is 0 Å². The van der Waals surface area contributed by atoms with Gasteiger partial charge >= 0.3 is 0 Å². The van der Waals surface area contributed by atoms with Gasteiger partial charge in [0.05, 0.1) is 11.6 Å². The summed E-state index contributed by atoms with van der Waals surface area (Å²) in [4.78, 5) is 11.8. The van der Waals surface area contributed by atoms with Gasteiger partial charge in [0.15, 0.2) is 0 Å². The Morgan fingerprint density at radius 3 is 2.82 bits per heavy atom. The average Bonchev–Trinajstić information content (AvgIpc) is 2.29. The number of rotatable bonds is 5. The quantitative estimate of drug-likeness (QED) is 0.879. The van der Waals surface area contributed by atoms with Gasteiger partial charge in [0.25, 0.3) is 0 Å². The lowest BCUT2D eigenvalue weighted by atomic mass is 10.0. The summed E-state index contributed by atoms with van der Waals surface area (Å²) in [6, 6.07) is 4.51. The van der Waals surface area contributed by atoms with E-state index in [2.05, 4.69) is 21.2 Å². The second-order valence-corrected chi connectivity index (χ2v) is 4.75. The third-order valence-corrected chi connectivity index (χ3v) is 2.97. The van der Waals surface area contributed by atoms with Gasteiger partial charge in [-0.2, -0.15) is 0 Å². The SMILES string of the molecule is CCCC(CN)C(=O)Nc1ccc(Br)cc1F. The normalized spacial score (nSPS) is 12.2. The molecule has 0 fully saturated rings. The fourth-order valence-electron chi connectivity index (χ4n) is 1.53. The van der Waals surface area contributed by atoms with Crippen LogP contribution in [0.2, 0.25) is 0 Å². The maximum Gasteiger partial charge on any atom is 0.228 e. The Hall–Kier alpha value is -0.940. The van der Waals surface area contributed by atoms with Gasteiger partial charge < -0.3 is 11.1 Å². The largest absolute Gasteiger partial charge is 0.330 e. The van der Waals surface area contributed by atoms with Crippen molar-refractivity contribution in [3.63, 3.8) is 0 Å². The van der Waals surface area contributed by atoms with Crippen LogP contribution in [0.15, 0.2) is 22.7 Å². The molecule has 3 N–H and O–H groups in total. The molecule has 94 valence electrons. The van der Waals surface area contributed by atoms with Crippen molar-refractivity contribution in [1.29, 1.82) is 0 Å². The molecule has 1 unspecified atom stereocenters. The summed E-state index contributed by atoms with van der Waals surface area (Å²) in [5.74, 6) is -0.946. The molecule has 0 aromatic heterocycles. The van der Waals surface area contributed by atoms with Crippen LogP contribution in [-0.4, -0.2) is 12.5 Å². The topological polar surface area (TPSA) is 55.1 Å². The Bertz CT molecular complexity index is 398. The van der Waals surface area contributed by atoms with E-state index >= 15 is 0 Å². The minimum atomic E-state index is -0.458. The zero-order valence-electron chi connectivity index (χ0n) is 9.67. The summed E-state index contributed by atoms with van der Waals surface area (Å²) < 4.78 is 14.1. The molecule has 0 aliphatic carbocycles. The smallest absolute Gasteiger partial charge is 0.228 e. The van der Waals surface area contributed by atoms with Gasteiger partial charge in [0.2, 0.25) is 5.91 Å². The first-order chi connectivity index (χ1) is 8.08. The van der Waals surface area contributed by atoms with E-state index in [1.807, 2.05) is 6.92 Å². The molecule has 0 radical (unpaired) electrons. The number of hydrogen-bond donors (Lipinski definition) is 2. The van der Waals surface area contributed by atoms with Crippen LogP contribution in [0.5, 0.6) is 0 Å². The van der Waals surface area contributed by atoms with Crippen molar-refractivity contribution < 1.29 is 9.18 Å². The van der Waals surface area contributed by atoms with E-state index < -0.39 is 5.82 Å². The van der Waals surface area contributed by atoms with E-state index in [9.17, 15) is 9.18 Å². The molecular weight excluding hydrogens is 287 g/mol. The van der Waals surface area contributed by atoms with Crippen molar-refractivity contribution in [2.75, 3.05) is 11.9 Å². The van der Waals surface area contributed by atoms with E-state index in [4.69, 9.17) is 5.73 Å². The van der Waals surface area contributed by atoms with E-state index in [1.165, 1.54) is 12.1 Å². The highest BCUT2D eigenvalue weighted by molar-refractivity contribution is 9.10. The molecule has 5 heteroatoms. The molecule has 1 aromatic rings. The van der Waals surface area contributed by atoms with Crippen LogP contribution in [0.1, 0.15) is 19.8 Å². The van der Waals surface area contributed by atoms with Crippen LogP contribution >= 0.6 is 15.9 Å². The van der Waals surface area contributed by atoms with Crippen LogP contribution in [-0.2, 0) is 4.79 Å². The first kappa shape index (κ1) is 14.1. The van der Waals surface area contributed by atoms with Crippen molar-refractivity contribution in [3.8, 4) is 0 Å². The third-order valence-electron chi connectivity index (χ3n) is 2.48. The maximum atomic E-state index is 13.5. The Kier molecular flexibility index (Phi) is 5.58. The lowest BCUT2D eigenvalue weighted by molar-refractivity contribution is -0.119. The number of nitrogens with one attached hydrogen (secondary N) is 1. The Labute approximate surface area is 109 Å². The van der Waals surface area contributed by atoms with Crippen molar-refractivity contribution in [1.82, 2.24) is 0 Å². The lowest BCUT2D eigenvalue weighted by Crippen LogP contribution is -2.29. The molecule has 1 rings (SSSR count). The monoisotopic (exact) mass is 302 g/mol. The van der Waals surface area contributed by atoms with Gasteiger partial charge in [0, 0.05) is 11.0 Å². The molecule has 0 aliphatic rings. The standard InChI is InChI=1S/C12H16BrFN2O/c1-2-3-8(7-15)12(17)16-11-5-4-9(13)6-10(11)14/h4-6,8H,2-3,7,15H2,1H3,(H,16,17). The fourth-order valence-corrected chi connectivity index (χ4v) is 1.86. The molecule has 3 nitrogen and oxygen atoms in total. The molecule has 0 bridgehead atoms. The molecular formula is C12H16BrFN2O. The first-order valence-corrected chi connectivity index (χ1v) is 6.33. The molecule has 1 aromatic carbocycles. The van der Waals surface area contributed by atoms with Crippen LogP contribution in [0.3, 0.4) is 0 Å². The number of nitrogens with two attached hydrogens (primary N) is 1. The third kappa shape index (κ3) is 4.09. The van der Waals surface area contributed by atoms with Gasteiger partial charge in [-0.25, -0.2) is 4.39 Å².